The molecule has 2 heterocycles. The van der Waals surface area contributed by atoms with Crippen LogP contribution in [-0.4, -0.2) is 15.9 Å². The molecule has 0 aliphatic rings. The summed E-state index contributed by atoms with van der Waals surface area (Å²) in [6, 6.07) is 12.8. The van der Waals surface area contributed by atoms with E-state index in [1.165, 1.54) is 0 Å². The Bertz CT molecular complexity index is 829. The quantitative estimate of drug-likeness (QED) is 0.755. The minimum Gasteiger partial charge on any atom is -0.383 e. The second-order valence-corrected chi connectivity index (χ2v) is 4.75. The third-order valence-electron chi connectivity index (χ3n) is 3.16. The lowest BCUT2D eigenvalue weighted by Gasteiger charge is -2.07. The predicted octanol–water partition coefficient (Wildman–Crippen LogP) is 2.77. The van der Waals surface area contributed by atoms with Crippen LogP contribution in [0.5, 0.6) is 0 Å². The number of hydrogen-bond donors (Lipinski definition) is 2. The van der Waals surface area contributed by atoms with Gasteiger partial charge < -0.3 is 11.1 Å². The molecule has 0 spiro atoms. The zero-order valence-corrected chi connectivity index (χ0v) is 11.5. The predicted molar refractivity (Wildman–Crippen MR) is 83.1 cm³/mol. The number of benzene rings is 1. The standard InChI is InChI=1S/C16H14N4O/c1-10-8-12(6-7-18-10)19-16(21)14-9-11-4-2-3-5-13(11)15(17)20-14/h2-9H,1H3,(H2,17,20)(H,18,19,21). The Balaban J connectivity index is 1.94. The van der Waals surface area contributed by atoms with Gasteiger partial charge in [0, 0.05) is 23.0 Å². The molecule has 0 aliphatic carbocycles. The molecule has 2 aromatic heterocycles. The molecule has 0 atom stereocenters. The van der Waals surface area contributed by atoms with E-state index in [1.54, 1.807) is 24.4 Å². The van der Waals surface area contributed by atoms with Crippen LogP contribution in [0.2, 0.25) is 0 Å². The minimum absolute atomic E-state index is 0.292. The fourth-order valence-corrected chi connectivity index (χ4v) is 2.16. The third-order valence-corrected chi connectivity index (χ3v) is 3.16. The second-order valence-electron chi connectivity index (χ2n) is 4.75. The van der Waals surface area contributed by atoms with Crippen molar-refractivity contribution in [2.75, 3.05) is 11.1 Å². The Morgan fingerprint density at radius 2 is 2.00 bits per heavy atom. The molecule has 3 rings (SSSR count). The van der Waals surface area contributed by atoms with Crippen molar-refractivity contribution < 1.29 is 4.79 Å². The smallest absolute Gasteiger partial charge is 0.274 e. The molecule has 0 fully saturated rings. The Hall–Kier alpha value is -2.95. The molecule has 21 heavy (non-hydrogen) atoms. The van der Waals surface area contributed by atoms with Crippen LogP contribution in [0.3, 0.4) is 0 Å². The summed E-state index contributed by atoms with van der Waals surface area (Å²) in [5.41, 5.74) is 7.72. The highest BCUT2D eigenvalue weighted by molar-refractivity contribution is 6.06. The summed E-state index contributed by atoms with van der Waals surface area (Å²) in [4.78, 5) is 20.5. The first-order valence-corrected chi connectivity index (χ1v) is 6.53. The number of aryl methyl sites for hydroxylation is 1. The monoisotopic (exact) mass is 278 g/mol. The maximum absolute atomic E-state index is 12.3. The van der Waals surface area contributed by atoms with E-state index in [0.717, 1.165) is 16.5 Å². The summed E-state index contributed by atoms with van der Waals surface area (Å²) in [5, 5.41) is 4.53. The van der Waals surface area contributed by atoms with Crippen molar-refractivity contribution in [2.24, 2.45) is 0 Å². The van der Waals surface area contributed by atoms with Crippen LogP contribution in [-0.2, 0) is 0 Å². The van der Waals surface area contributed by atoms with Gasteiger partial charge in [-0.05, 0) is 30.5 Å². The van der Waals surface area contributed by atoms with E-state index in [0.29, 0.717) is 17.2 Å². The SMILES string of the molecule is Cc1cc(NC(=O)c2cc3ccccc3c(N)n2)ccn1. The first-order chi connectivity index (χ1) is 10.1. The van der Waals surface area contributed by atoms with Gasteiger partial charge in [-0.3, -0.25) is 9.78 Å². The summed E-state index contributed by atoms with van der Waals surface area (Å²) in [6.45, 7) is 1.86. The van der Waals surface area contributed by atoms with Gasteiger partial charge >= 0.3 is 0 Å². The van der Waals surface area contributed by atoms with Crippen LogP contribution in [0.25, 0.3) is 10.8 Å². The van der Waals surface area contributed by atoms with Crippen LogP contribution in [0, 0.1) is 6.92 Å². The highest BCUT2D eigenvalue weighted by Gasteiger charge is 2.11. The molecule has 0 unspecified atom stereocenters. The van der Waals surface area contributed by atoms with Crippen molar-refractivity contribution in [1.82, 2.24) is 9.97 Å². The number of carbonyl (C=O) groups is 1. The molecular formula is C16H14N4O. The van der Waals surface area contributed by atoms with E-state index in [9.17, 15) is 4.79 Å². The number of aromatic nitrogens is 2. The maximum atomic E-state index is 12.3. The number of carbonyl (C=O) groups excluding carboxylic acids is 1. The van der Waals surface area contributed by atoms with Gasteiger partial charge in [0.1, 0.15) is 11.5 Å². The lowest BCUT2D eigenvalue weighted by Crippen LogP contribution is -2.14. The average Bonchev–Trinajstić information content (AvgIpc) is 2.47. The first-order valence-electron chi connectivity index (χ1n) is 6.53. The Labute approximate surface area is 121 Å². The molecule has 5 nitrogen and oxygen atoms in total. The molecule has 3 N–H and O–H groups in total. The van der Waals surface area contributed by atoms with Gasteiger partial charge in [0.25, 0.3) is 5.91 Å². The van der Waals surface area contributed by atoms with Crippen molar-refractivity contribution in [2.45, 2.75) is 6.92 Å². The van der Waals surface area contributed by atoms with Crippen LogP contribution in [0.15, 0.2) is 48.7 Å². The lowest BCUT2D eigenvalue weighted by atomic mass is 10.1. The summed E-state index contributed by atoms with van der Waals surface area (Å²) in [6.07, 6.45) is 1.65. The van der Waals surface area contributed by atoms with Gasteiger partial charge in [-0.2, -0.15) is 0 Å². The maximum Gasteiger partial charge on any atom is 0.274 e. The number of amides is 1. The Kier molecular flexibility index (Phi) is 3.23. The molecule has 0 saturated heterocycles. The van der Waals surface area contributed by atoms with E-state index >= 15 is 0 Å². The summed E-state index contributed by atoms with van der Waals surface area (Å²) in [5.74, 6) is 0.0576. The fourth-order valence-electron chi connectivity index (χ4n) is 2.16. The zero-order chi connectivity index (χ0) is 14.8. The normalized spacial score (nSPS) is 10.5. The van der Waals surface area contributed by atoms with Gasteiger partial charge in [-0.25, -0.2) is 4.98 Å². The Morgan fingerprint density at radius 1 is 1.19 bits per heavy atom. The highest BCUT2D eigenvalue weighted by Crippen LogP contribution is 2.20. The first kappa shape index (κ1) is 13.1. The number of pyridine rings is 2. The molecule has 0 aliphatic heterocycles. The largest absolute Gasteiger partial charge is 0.383 e. The molecule has 3 aromatic rings. The topological polar surface area (TPSA) is 80.9 Å². The lowest BCUT2D eigenvalue weighted by molar-refractivity contribution is 0.102. The van der Waals surface area contributed by atoms with Gasteiger partial charge in [0.05, 0.1) is 0 Å². The second kappa shape index (κ2) is 5.20. The number of nitrogen functional groups attached to an aromatic ring is 1. The van der Waals surface area contributed by atoms with Crippen molar-refractivity contribution in [3.8, 4) is 0 Å². The van der Waals surface area contributed by atoms with Crippen molar-refractivity contribution in [1.29, 1.82) is 0 Å². The van der Waals surface area contributed by atoms with Gasteiger partial charge in [0.15, 0.2) is 0 Å². The van der Waals surface area contributed by atoms with Gasteiger partial charge in [-0.15, -0.1) is 0 Å². The minimum atomic E-state index is -0.293. The third kappa shape index (κ3) is 2.67. The number of nitrogens with zero attached hydrogens (tertiary/aromatic N) is 2. The van der Waals surface area contributed by atoms with E-state index < -0.39 is 0 Å². The highest BCUT2D eigenvalue weighted by atomic mass is 16.1. The number of rotatable bonds is 2. The zero-order valence-electron chi connectivity index (χ0n) is 11.5. The van der Waals surface area contributed by atoms with Crippen LogP contribution in [0.4, 0.5) is 11.5 Å². The summed E-state index contributed by atoms with van der Waals surface area (Å²) in [7, 11) is 0. The summed E-state index contributed by atoms with van der Waals surface area (Å²) >= 11 is 0. The van der Waals surface area contributed by atoms with Gasteiger partial charge in [0.2, 0.25) is 0 Å². The van der Waals surface area contributed by atoms with Crippen molar-refractivity contribution in [3.05, 3.63) is 60.0 Å². The van der Waals surface area contributed by atoms with Crippen LogP contribution in [0.1, 0.15) is 16.2 Å². The Morgan fingerprint density at radius 3 is 2.81 bits per heavy atom. The average molecular weight is 278 g/mol. The van der Waals surface area contributed by atoms with Crippen LogP contribution >= 0.6 is 0 Å². The number of nitrogens with two attached hydrogens (primary N) is 1. The van der Waals surface area contributed by atoms with E-state index in [4.69, 9.17) is 5.73 Å². The van der Waals surface area contributed by atoms with Crippen molar-refractivity contribution >= 4 is 28.2 Å². The fraction of sp³-hybridized carbons (Fsp3) is 0.0625. The van der Waals surface area contributed by atoms with Gasteiger partial charge in [-0.1, -0.05) is 24.3 Å². The molecule has 104 valence electrons. The number of hydrogen-bond acceptors (Lipinski definition) is 4. The molecule has 1 aromatic carbocycles. The van der Waals surface area contributed by atoms with E-state index in [1.807, 2.05) is 31.2 Å². The van der Waals surface area contributed by atoms with E-state index in [-0.39, 0.29) is 5.91 Å². The molecule has 0 radical (unpaired) electrons. The van der Waals surface area contributed by atoms with E-state index in [2.05, 4.69) is 15.3 Å². The summed E-state index contributed by atoms with van der Waals surface area (Å²) < 4.78 is 0. The molecular weight excluding hydrogens is 264 g/mol. The number of fused-ring (bicyclic) bond motifs is 1. The molecule has 0 bridgehead atoms. The molecule has 1 amide bonds. The van der Waals surface area contributed by atoms with Crippen LogP contribution < -0.4 is 11.1 Å². The molecule has 0 saturated carbocycles. The molecule has 5 heteroatoms. The number of nitrogens with one attached hydrogen (secondary N) is 1. The van der Waals surface area contributed by atoms with Crippen molar-refractivity contribution in [3.63, 3.8) is 0 Å². The number of anilines is 2.